The minimum Gasteiger partial charge on any atom is -0.347 e. The number of pyridine rings is 1. The summed E-state index contributed by atoms with van der Waals surface area (Å²) in [6.45, 7) is 9.12. The maximum Gasteiger partial charge on any atom is 0.208 e. The van der Waals surface area contributed by atoms with E-state index in [2.05, 4.69) is 78.3 Å². The minimum absolute atomic E-state index is 0.111. The Morgan fingerprint density at radius 3 is 2.56 bits per heavy atom. The van der Waals surface area contributed by atoms with Gasteiger partial charge >= 0.3 is 0 Å². The van der Waals surface area contributed by atoms with Crippen LogP contribution < -0.4 is 10.2 Å². The monoisotopic (exact) mass is 381 g/mol. The van der Waals surface area contributed by atoms with Crippen LogP contribution in [-0.4, -0.2) is 39.3 Å². The molecule has 1 saturated heterocycles. The summed E-state index contributed by atoms with van der Waals surface area (Å²) < 4.78 is 0. The van der Waals surface area contributed by atoms with Crippen molar-refractivity contribution in [2.45, 2.75) is 57.7 Å². The Bertz CT molecular complexity index is 946. The number of hydrogen-bond acceptors (Lipinski definition) is 6. The van der Waals surface area contributed by atoms with Gasteiger partial charge in [0.05, 0.1) is 5.52 Å². The summed E-state index contributed by atoms with van der Waals surface area (Å²) >= 11 is 1.66. The number of nitrogens with one attached hydrogen (secondary N) is 1. The second kappa shape index (κ2) is 6.53. The number of aromatic nitrogens is 3. The molecule has 0 radical (unpaired) electrons. The molecule has 27 heavy (non-hydrogen) atoms. The van der Waals surface area contributed by atoms with Crippen molar-refractivity contribution in [2.75, 3.05) is 11.9 Å². The van der Waals surface area contributed by atoms with E-state index < -0.39 is 0 Å². The van der Waals surface area contributed by atoms with Crippen LogP contribution in [0.2, 0.25) is 0 Å². The fraction of sp³-hybridized carbons (Fsp3) is 0.476. The zero-order valence-corrected chi connectivity index (χ0v) is 17.5. The zero-order valence-electron chi connectivity index (χ0n) is 16.7. The molecule has 0 atom stereocenters. The van der Waals surface area contributed by atoms with Crippen LogP contribution in [0.5, 0.6) is 0 Å². The summed E-state index contributed by atoms with van der Waals surface area (Å²) in [6.07, 6.45) is 4.00. The topological polar surface area (TPSA) is 53.9 Å². The average Bonchev–Trinajstić information content (AvgIpc) is 3.08. The standard InChI is InChI=1S/C21H27N5S/c1-20(2)12-16(13-21(3,4)25-20)26(5)19-24-23-18(27-19)15-8-9-17-14(11-15)7-6-10-22-17/h6-11,16,25H,12-13H2,1-5H3. The largest absolute Gasteiger partial charge is 0.347 e. The van der Waals surface area contributed by atoms with Crippen LogP contribution in [-0.2, 0) is 0 Å². The van der Waals surface area contributed by atoms with Crippen molar-refractivity contribution in [1.29, 1.82) is 0 Å². The summed E-state index contributed by atoms with van der Waals surface area (Å²) in [5, 5.41) is 15.8. The highest BCUT2D eigenvalue weighted by Crippen LogP contribution is 2.36. The third-order valence-electron chi connectivity index (χ3n) is 5.28. The Kier molecular flexibility index (Phi) is 4.43. The summed E-state index contributed by atoms with van der Waals surface area (Å²) in [6, 6.07) is 10.8. The Balaban J connectivity index is 1.59. The molecule has 0 spiro atoms. The molecule has 142 valence electrons. The van der Waals surface area contributed by atoms with Crippen molar-refractivity contribution < 1.29 is 0 Å². The van der Waals surface area contributed by atoms with Crippen LogP contribution in [0.25, 0.3) is 21.5 Å². The molecule has 2 aromatic heterocycles. The highest BCUT2D eigenvalue weighted by molar-refractivity contribution is 7.18. The number of hydrogen-bond donors (Lipinski definition) is 1. The lowest BCUT2D eigenvalue weighted by molar-refractivity contribution is 0.161. The average molecular weight is 382 g/mol. The van der Waals surface area contributed by atoms with E-state index in [1.165, 1.54) is 0 Å². The van der Waals surface area contributed by atoms with Crippen LogP contribution >= 0.6 is 11.3 Å². The Hall–Kier alpha value is -2.05. The quantitative estimate of drug-likeness (QED) is 0.724. The summed E-state index contributed by atoms with van der Waals surface area (Å²) in [4.78, 5) is 6.70. The molecule has 3 heterocycles. The molecule has 0 saturated carbocycles. The lowest BCUT2D eigenvalue weighted by Gasteiger charge is -2.48. The highest BCUT2D eigenvalue weighted by Gasteiger charge is 2.39. The molecular formula is C21H27N5S. The maximum absolute atomic E-state index is 4.50. The predicted molar refractivity (Wildman–Crippen MR) is 113 cm³/mol. The van der Waals surface area contributed by atoms with Gasteiger partial charge in [-0.15, -0.1) is 10.2 Å². The highest BCUT2D eigenvalue weighted by atomic mass is 32.1. The first kappa shape index (κ1) is 18.3. The van der Waals surface area contributed by atoms with Crippen molar-refractivity contribution >= 4 is 27.4 Å². The molecule has 1 fully saturated rings. The van der Waals surface area contributed by atoms with Gasteiger partial charge < -0.3 is 10.2 Å². The molecular weight excluding hydrogens is 354 g/mol. The van der Waals surface area contributed by atoms with E-state index in [1.807, 2.05) is 18.3 Å². The molecule has 0 unspecified atom stereocenters. The number of nitrogens with zero attached hydrogens (tertiary/aromatic N) is 4. The van der Waals surface area contributed by atoms with Crippen LogP contribution in [0.4, 0.5) is 5.13 Å². The van der Waals surface area contributed by atoms with Crippen molar-refractivity contribution in [1.82, 2.24) is 20.5 Å². The van der Waals surface area contributed by atoms with Gasteiger partial charge in [0.2, 0.25) is 5.13 Å². The van der Waals surface area contributed by atoms with Gasteiger partial charge in [0.1, 0.15) is 5.01 Å². The second-order valence-corrected chi connectivity index (χ2v) is 9.82. The summed E-state index contributed by atoms with van der Waals surface area (Å²) in [5.74, 6) is 0. The minimum atomic E-state index is 0.111. The smallest absolute Gasteiger partial charge is 0.208 e. The maximum atomic E-state index is 4.50. The van der Waals surface area contributed by atoms with Gasteiger partial charge in [-0.05, 0) is 64.8 Å². The molecule has 1 aliphatic rings. The third kappa shape index (κ3) is 3.82. The zero-order chi connectivity index (χ0) is 19.2. The van der Waals surface area contributed by atoms with Crippen LogP contribution in [0.3, 0.4) is 0 Å². The molecule has 0 bridgehead atoms. The molecule has 3 aromatic rings. The van der Waals surface area contributed by atoms with E-state index in [0.29, 0.717) is 6.04 Å². The fourth-order valence-electron chi connectivity index (χ4n) is 4.38. The third-order valence-corrected chi connectivity index (χ3v) is 6.35. The summed E-state index contributed by atoms with van der Waals surface area (Å²) in [7, 11) is 2.15. The van der Waals surface area contributed by atoms with Crippen molar-refractivity contribution in [2.24, 2.45) is 0 Å². The van der Waals surface area contributed by atoms with E-state index in [1.54, 1.807) is 11.3 Å². The van der Waals surface area contributed by atoms with Crippen LogP contribution in [0.1, 0.15) is 40.5 Å². The van der Waals surface area contributed by atoms with Crippen LogP contribution in [0.15, 0.2) is 36.5 Å². The van der Waals surface area contributed by atoms with Crippen molar-refractivity contribution in [3.8, 4) is 10.6 Å². The van der Waals surface area contributed by atoms with Gasteiger partial charge in [-0.25, -0.2) is 0 Å². The van der Waals surface area contributed by atoms with Crippen molar-refractivity contribution in [3.05, 3.63) is 36.5 Å². The molecule has 0 amide bonds. The van der Waals surface area contributed by atoms with Gasteiger partial charge in [0.15, 0.2) is 0 Å². The Morgan fingerprint density at radius 1 is 1.07 bits per heavy atom. The summed E-state index contributed by atoms with van der Waals surface area (Å²) in [5.41, 5.74) is 2.32. The fourth-order valence-corrected chi connectivity index (χ4v) is 5.26. The van der Waals surface area contributed by atoms with Gasteiger partial charge in [0.25, 0.3) is 0 Å². The Labute approximate surface area is 164 Å². The predicted octanol–water partition coefficient (Wildman–Crippen LogP) is 4.50. The van der Waals surface area contributed by atoms with E-state index in [4.69, 9.17) is 0 Å². The molecule has 4 rings (SSSR count). The number of fused-ring (bicyclic) bond motifs is 1. The van der Waals surface area contributed by atoms with E-state index in [0.717, 1.165) is 39.4 Å². The van der Waals surface area contributed by atoms with E-state index >= 15 is 0 Å². The van der Waals surface area contributed by atoms with Gasteiger partial charge in [0, 0.05) is 41.3 Å². The molecule has 6 heteroatoms. The van der Waals surface area contributed by atoms with E-state index in [-0.39, 0.29) is 11.1 Å². The molecule has 1 N–H and O–H groups in total. The SMILES string of the molecule is CN(c1nnc(-c2ccc3ncccc3c2)s1)C1CC(C)(C)NC(C)(C)C1. The van der Waals surface area contributed by atoms with Gasteiger partial charge in [-0.1, -0.05) is 17.4 Å². The molecule has 0 aliphatic carbocycles. The molecule has 5 nitrogen and oxygen atoms in total. The number of benzene rings is 1. The van der Waals surface area contributed by atoms with E-state index in [9.17, 15) is 0 Å². The first-order chi connectivity index (χ1) is 12.7. The molecule has 1 aromatic carbocycles. The van der Waals surface area contributed by atoms with Crippen LogP contribution in [0, 0.1) is 0 Å². The number of anilines is 1. The first-order valence-electron chi connectivity index (χ1n) is 9.43. The normalized spacial score (nSPS) is 19.3. The number of rotatable bonds is 3. The van der Waals surface area contributed by atoms with Gasteiger partial charge in [-0.3, -0.25) is 4.98 Å². The lowest BCUT2D eigenvalue weighted by atomic mass is 9.79. The second-order valence-electron chi connectivity index (χ2n) is 8.87. The number of piperidine rings is 1. The Morgan fingerprint density at radius 2 is 1.81 bits per heavy atom. The van der Waals surface area contributed by atoms with Crippen molar-refractivity contribution in [3.63, 3.8) is 0 Å². The molecule has 1 aliphatic heterocycles. The first-order valence-corrected chi connectivity index (χ1v) is 10.2. The van der Waals surface area contributed by atoms with Gasteiger partial charge in [-0.2, -0.15) is 0 Å². The lowest BCUT2D eigenvalue weighted by Crippen LogP contribution is -2.61.